The second-order valence-electron chi connectivity index (χ2n) is 3.81. The Hall–Kier alpha value is -1.35. The molecule has 0 bridgehead atoms. The Labute approximate surface area is 97.2 Å². The van der Waals surface area contributed by atoms with Gasteiger partial charge in [-0.3, -0.25) is 4.79 Å². The number of nitrogens with zero attached hydrogens (tertiary/aromatic N) is 1. The molecule has 3 heteroatoms. The number of benzene rings is 1. The highest BCUT2D eigenvalue weighted by molar-refractivity contribution is 5.96. The van der Waals surface area contributed by atoms with Crippen molar-refractivity contribution >= 4 is 11.6 Å². The average Bonchev–Trinajstić information content (AvgIpc) is 2.31. The molecule has 0 aliphatic carbocycles. The molecule has 16 heavy (non-hydrogen) atoms. The highest BCUT2D eigenvalue weighted by Crippen LogP contribution is 2.14. The van der Waals surface area contributed by atoms with E-state index in [0.717, 1.165) is 18.5 Å². The summed E-state index contributed by atoms with van der Waals surface area (Å²) in [7, 11) is 0. The van der Waals surface area contributed by atoms with Crippen LogP contribution in [0.3, 0.4) is 0 Å². The average molecular weight is 220 g/mol. The normalized spacial score (nSPS) is 12.2. The Morgan fingerprint density at radius 3 is 2.44 bits per heavy atom. The number of anilines is 1. The van der Waals surface area contributed by atoms with Crippen LogP contribution in [0, 0.1) is 0 Å². The van der Waals surface area contributed by atoms with Crippen LogP contribution in [0.1, 0.15) is 26.7 Å². The molecule has 1 aromatic carbocycles. The zero-order valence-electron chi connectivity index (χ0n) is 10.0. The van der Waals surface area contributed by atoms with Crippen molar-refractivity contribution in [3.63, 3.8) is 0 Å². The summed E-state index contributed by atoms with van der Waals surface area (Å²) in [6, 6.07) is 9.27. The first-order chi connectivity index (χ1) is 7.70. The molecular formula is C13H20N2O. The maximum absolute atomic E-state index is 12.1. The number of rotatable bonds is 5. The summed E-state index contributed by atoms with van der Waals surface area (Å²) in [5, 5.41) is 0. The first kappa shape index (κ1) is 12.7. The van der Waals surface area contributed by atoms with Crippen molar-refractivity contribution in [1.82, 2.24) is 0 Å². The maximum atomic E-state index is 12.1. The van der Waals surface area contributed by atoms with E-state index >= 15 is 0 Å². The van der Waals surface area contributed by atoms with Crippen molar-refractivity contribution in [3.05, 3.63) is 30.3 Å². The van der Waals surface area contributed by atoms with E-state index in [2.05, 4.69) is 0 Å². The number of amides is 1. The van der Waals surface area contributed by atoms with Gasteiger partial charge in [-0.2, -0.15) is 0 Å². The summed E-state index contributed by atoms with van der Waals surface area (Å²) in [5.74, 6) is 0.00977. The Bertz CT molecular complexity index is 324. The molecule has 88 valence electrons. The SMILES string of the molecule is CCC[C@@H](N)C(=O)N(CC)c1ccccc1. The minimum Gasteiger partial charge on any atom is -0.320 e. The summed E-state index contributed by atoms with van der Waals surface area (Å²) in [5.41, 5.74) is 6.77. The third kappa shape index (κ3) is 3.07. The number of hydrogen-bond acceptors (Lipinski definition) is 2. The smallest absolute Gasteiger partial charge is 0.243 e. The second kappa shape index (κ2) is 6.28. The molecule has 0 unspecified atom stereocenters. The summed E-state index contributed by atoms with van der Waals surface area (Å²) < 4.78 is 0. The lowest BCUT2D eigenvalue weighted by Gasteiger charge is -2.24. The molecule has 1 aromatic rings. The molecule has 1 amide bonds. The van der Waals surface area contributed by atoms with Gasteiger partial charge in [0.25, 0.3) is 0 Å². The van der Waals surface area contributed by atoms with Crippen LogP contribution < -0.4 is 10.6 Å². The van der Waals surface area contributed by atoms with Gasteiger partial charge in [0, 0.05) is 12.2 Å². The summed E-state index contributed by atoms with van der Waals surface area (Å²) >= 11 is 0. The third-order valence-corrected chi connectivity index (χ3v) is 2.57. The lowest BCUT2D eigenvalue weighted by atomic mass is 10.1. The fourth-order valence-electron chi connectivity index (χ4n) is 1.71. The van der Waals surface area contributed by atoms with Gasteiger partial charge in [-0.1, -0.05) is 31.5 Å². The molecule has 1 atom stereocenters. The van der Waals surface area contributed by atoms with E-state index in [0.29, 0.717) is 6.54 Å². The van der Waals surface area contributed by atoms with E-state index in [-0.39, 0.29) is 11.9 Å². The van der Waals surface area contributed by atoms with Crippen LogP contribution in [-0.2, 0) is 4.79 Å². The van der Waals surface area contributed by atoms with Crippen LogP contribution in [0.2, 0.25) is 0 Å². The highest BCUT2D eigenvalue weighted by Gasteiger charge is 2.19. The zero-order valence-corrected chi connectivity index (χ0v) is 10.0. The number of para-hydroxylation sites is 1. The summed E-state index contributed by atoms with van der Waals surface area (Å²) in [4.78, 5) is 13.8. The largest absolute Gasteiger partial charge is 0.320 e. The van der Waals surface area contributed by atoms with Crippen LogP contribution in [0.4, 0.5) is 5.69 Å². The van der Waals surface area contributed by atoms with Gasteiger partial charge in [0.05, 0.1) is 6.04 Å². The minimum absolute atomic E-state index is 0.00977. The van der Waals surface area contributed by atoms with E-state index in [4.69, 9.17) is 5.73 Å². The zero-order chi connectivity index (χ0) is 12.0. The number of carbonyl (C=O) groups is 1. The molecule has 0 saturated heterocycles. The molecule has 0 aromatic heterocycles. The Balaban J connectivity index is 2.79. The van der Waals surface area contributed by atoms with Crippen LogP contribution in [0.15, 0.2) is 30.3 Å². The molecule has 0 spiro atoms. The monoisotopic (exact) mass is 220 g/mol. The topological polar surface area (TPSA) is 46.3 Å². The van der Waals surface area contributed by atoms with Crippen molar-refractivity contribution in [2.45, 2.75) is 32.7 Å². The second-order valence-corrected chi connectivity index (χ2v) is 3.81. The number of nitrogens with two attached hydrogens (primary N) is 1. The first-order valence-corrected chi connectivity index (χ1v) is 5.82. The van der Waals surface area contributed by atoms with Crippen LogP contribution in [0.5, 0.6) is 0 Å². The predicted octanol–water partition coefficient (Wildman–Crippen LogP) is 2.17. The molecule has 0 heterocycles. The lowest BCUT2D eigenvalue weighted by molar-refractivity contribution is -0.119. The van der Waals surface area contributed by atoms with Crippen molar-refractivity contribution in [2.24, 2.45) is 5.73 Å². The van der Waals surface area contributed by atoms with Crippen LogP contribution >= 0.6 is 0 Å². The lowest BCUT2D eigenvalue weighted by Crippen LogP contribution is -2.43. The molecular weight excluding hydrogens is 200 g/mol. The molecule has 2 N–H and O–H groups in total. The van der Waals surface area contributed by atoms with Gasteiger partial charge >= 0.3 is 0 Å². The Morgan fingerprint density at radius 1 is 1.31 bits per heavy atom. The van der Waals surface area contributed by atoms with E-state index in [1.54, 1.807) is 4.90 Å². The van der Waals surface area contributed by atoms with Crippen LogP contribution in [-0.4, -0.2) is 18.5 Å². The van der Waals surface area contributed by atoms with E-state index < -0.39 is 0 Å². The molecule has 3 nitrogen and oxygen atoms in total. The van der Waals surface area contributed by atoms with E-state index in [1.165, 1.54) is 0 Å². The van der Waals surface area contributed by atoms with Crippen molar-refractivity contribution in [2.75, 3.05) is 11.4 Å². The number of hydrogen-bond donors (Lipinski definition) is 1. The fourth-order valence-corrected chi connectivity index (χ4v) is 1.71. The summed E-state index contributed by atoms with van der Waals surface area (Å²) in [6.45, 7) is 4.65. The Morgan fingerprint density at radius 2 is 1.94 bits per heavy atom. The predicted molar refractivity (Wildman–Crippen MR) is 67.4 cm³/mol. The van der Waals surface area contributed by atoms with Crippen LogP contribution in [0.25, 0.3) is 0 Å². The standard InChI is InChI=1S/C13H20N2O/c1-3-8-12(14)13(16)15(4-2)11-9-6-5-7-10-11/h5-7,9-10,12H,3-4,8,14H2,1-2H3/t12-/m1/s1. The number of likely N-dealkylation sites (N-methyl/N-ethyl adjacent to an activating group) is 1. The first-order valence-electron chi connectivity index (χ1n) is 5.82. The van der Waals surface area contributed by atoms with Gasteiger partial charge in [0.2, 0.25) is 5.91 Å². The third-order valence-electron chi connectivity index (χ3n) is 2.57. The highest BCUT2D eigenvalue weighted by atomic mass is 16.2. The van der Waals surface area contributed by atoms with Gasteiger partial charge in [0.15, 0.2) is 0 Å². The fraction of sp³-hybridized carbons (Fsp3) is 0.462. The summed E-state index contributed by atoms with van der Waals surface area (Å²) in [6.07, 6.45) is 1.67. The number of carbonyl (C=O) groups excluding carboxylic acids is 1. The van der Waals surface area contributed by atoms with Crippen molar-refractivity contribution in [3.8, 4) is 0 Å². The molecule has 0 aliphatic rings. The van der Waals surface area contributed by atoms with Gasteiger partial charge < -0.3 is 10.6 Å². The van der Waals surface area contributed by atoms with Crippen molar-refractivity contribution in [1.29, 1.82) is 0 Å². The Kier molecular flexibility index (Phi) is 4.99. The van der Waals surface area contributed by atoms with E-state index in [9.17, 15) is 4.79 Å². The molecule has 0 fully saturated rings. The maximum Gasteiger partial charge on any atom is 0.243 e. The molecule has 1 rings (SSSR count). The van der Waals surface area contributed by atoms with E-state index in [1.807, 2.05) is 44.2 Å². The quantitative estimate of drug-likeness (QED) is 0.826. The van der Waals surface area contributed by atoms with Gasteiger partial charge in [0.1, 0.15) is 0 Å². The molecule has 0 saturated carbocycles. The van der Waals surface area contributed by atoms with Crippen molar-refractivity contribution < 1.29 is 4.79 Å². The molecule has 0 aliphatic heterocycles. The van der Waals surface area contributed by atoms with Gasteiger partial charge in [-0.15, -0.1) is 0 Å². The minimum atomic E-state index is -0.384. The van der Waals surface area contributed by atoms with Gasteiger partial charge in [-0.05, 0) is 25.5 Å². The molecule has 0 radical (unpaired) electrons. The van der Waals surface area contributed by atoms with Gasteiger partial charge in [-0.25, -0.2) is 0 Å².